The second-order valence-electron chi connectivity index (χ2n) is 6.82. The first-order chi connectivity index (χ1) is 13.4. The molecule has 28 heavy (non-hydrogen) atoms. The van der Waals surface area contributed by atoms with E-state index in [1.807, 2.05) is 41.1 Å². The Hall–Kier alpha value is -2.65. The van der Waals surface area contributed by atoms with Gasteiger partial charge in [0.2, 0.25) is 0 Å². The molecule has 0 saturated heterocycles. The lowest BCUT2D eigenvalue weighted by atomic mass is 10.3. The number of carboxylic acid groups (broad SMARTS) is 2. The van der Waals surface area contributed by atoms with Crippen LogP contribution in [0.5, 0.6) is 0 Å². The van der Waals surface area contributed by atoms with E-state index in [2.05, 4.69) is 10.3 Å². The summed E-state index contributed by atoms with van der Waals surface area (Å²) in [5.41, 5.74) is 1.84. The fourth-order valence-corrected chi connectivity index (χ4v) is 2.99. The summed E-state index contributed by atoms with van der Waals surface area (Å²) in [7, 11) is 0. The van der Waals surface area contributed by atoms with E-state index in [0.717, 1.165) is 11.4 Å². The van der Waals surface area contributed by atoms with Gasteiger partial charge in [0, 0.05) is 57.4 Å². The Kier molecular flexibility index (Phi) is 8.70. The third-order valence-corrected chi connectivity index (χ3v) is 4.38. The first kappa shape index (κ1) is 21.6. The molecular formula is C19H29N5O4. The Morgan fingerprint density at radius 2 is 1.71 bits per heavy atom. The molecule has 0 saturated carbocycles. The minimum atomic E-state index is -0.878. The van der Waals surface area contributed by atoms with Crippen LogP contribution in [0, 0.1) is 6.92 Å². The molecule has 0 aliphatic carbocycles. The van der Waals surface area contributed by atoms with Crippen LogP contribution >= 0.6 is 0 Å². The second kappa shape index (κ2) is 11.3. The van der Waals surface area contributed by atoms with Crippen molar-refractivity contribution in [2.75, 3.05) is 52.4 Å². The number of nitrogens with zero attached hydrogens (tertiary/aromatic N) is 4. The van der Waals surface area contributed by atoms with E-state index in [1.54, 1.807) is 11.1 Å². The molecule has 1 aromatic heterocycles. The highest BCUT2D eigenvalue weighted by molar-refractivity contribution is 5.69. The Morgan fingerprint density at radius 1 is 1.00 bits per heavy atom. The molecular weight excluding hydrogens is 362 g/mol. The highest BCUT2D eigenvalue weighted by Gasteiger charge is 2.13. The predicted molar refractivity (Wildman–Crippen MR) is 105 cm³/mol. The Balaban J connectivity index is 2.14. The van der Waals surface area contributed by atoms with Crippen LogP contribution in [0.4, 0.5) is 0 Å². The summed E-state index contributed by atoms with van der Waals surface area (Å²) in [6, 6.07) is 5.84. The van der Waals surface area contributed by atoms with Gasteiger partial charge in [0.05, 0.1) is 18.8 Å². The number of hydrogen-bond donors (Lipinski definition) is 3. The van der Waals surface area contributed by atoms with Crippen molar-refractivity contribution in [3.05, 3.63) is 42.0 Å². The van der Waals surface area contributed by atoms with E-state index in [-0.39, 0.29) is 13.1 Å². The molecule has 0 fully saturated rings. The van der Waals surface area contributed by atoms with E-state index in [1.165, 1.54) is 0 Å². The quantitative estimate of drug-likeness (QED) is 0.619. The molecule has 0 aromatic carbocycles. The van der Waals surface area contributed by atoms with Gasteiger partial charge in [0.1, 0.15) is 6.54 Å². The first-order valence-electron chi connectivity index (χ1n) is 9.38. The maximum absolute atomic E-state index is 11.1. The van der Waals surface area contributed by atoms with Crippen LogP contribution in [0.25, 0.3) is 0 Å². The van der Waals surface area contributed by atoms with Crippen LogP contribution in [0.3, 0.4) is 0 Å². The Morgan fingerprint density at radius 3 is 2.43 bits per heavy atom. The number of rotatable bonds is 6. The van der Waals surface area contributed by atoms with Crippen LogP contribution in [-0.2, 0) is 16.1 Å². The highest BCUT2D eigenvalue weighted by atomic mass is 16.4. The zero-order chi connectivity index (χ0) is 20.4. The SMILES string of the molecule is Cc1cccc(CN2/C=C\N(CC(=O)O)CCNCCN(CC(=O)O)CC2)n1. The van der Waals surface area contributed by atoms with Crippen molar-refractivity contribution in [1.29, 1.82) is 0 Å². The minimum absolute atomic E-state index is 0.00688. The summed E-state index contributed by atoms with van der Waals surface area (Å²) in [6.45, 7) is 6.07. The monoisotopic (exact) mass is 391 g/mol. The van der Waals surface area contributed by atoms with Crippen LogP contribution in [0.15, 0.2) is 30.6 Å². The summed E-state index contributed by atoms with van der Waals surface area (Å²) in [4.78, 5) is 32.5. The van der Waals surface area contributed by atoms with Crippen LogP contribution in [0.2, 0.25) is 0 Å². The lowest BCUT2D eigenvalue weighted by Gasteiger charge is -2.28. The molecule has 0 atom stereocenters. The maximum atomic E-state index is 11.1. The normalized spacial score (nSPS) is 18.2. The number of carbonyl (C=O) groups is 2. The second-order valence-corrected chi connectivity index (χ2v) is 6.82. The maximum Gasteiger partial charge on any atom is 0.323 e. The standard InChI is InChI=1S/C19H29N5O4/c1-16-3-2-4-17(21-16)13-24-11-9-22(14-18(25)26)7-5-20-6-8-23(10-12-24)15-19(27)28/h2-4,9,11,20H,5-8,10,12-15H2,1H3,(H,25,26)(H,27,28)/b11-9-. The fraction of sp³-hybridized carbons (Fsp3) is 0.526. The molecule has 1 aliphatic heterocycles. The van der Waals surface area contributed by atoms with Gasteiger partial charge >= 0.3 is 11.9 Å². The van der Waals surface area contributed by atoms with Gasteiger partial charge in [-0.25, -0.2) is 0 Å². The molecule has 9 nitrogen and oxygen atoms in total. The number of aryl methyl sites for hydroxylation is 1. The number of nitrogens with one attached hydrogen (secondary N) is 1. The van der Waals surface area contributed by atoms with Crippen LogP contribution in [0.1, 0.15) is 11.4 Å². The number of carboxylic acids is 2. The van der Waals surface area contributed by atoms with Crippen molar-refractivity contribution in [2.24, 2.45) is 0 Å². The number of aromatic nitrogens is 1. The van der Waals surface area contributed by atoms with Crippen molar-refractivity contribution in [2.45, 2.75) is 13.5 Å². The Labute approximate surface area is 165 Å². The lowest BCUT2D eigenvalue weighted by Crippen LogP contribution is -2.42. The van der Waals surface area contributed by atoms with Crippen molar-refractivity contribution in [3.8, 4) is 0 Å². The van der Waals surface area contributed by atoms with E-state index in [4.69, 9.17) is 10.2 Å². The summed E-state index contributed by atoms with van der Waals surface area (Å²) in [5.74, 6) is -1.72. The van der Waals surface area contributed by atoms with Crippen molar-refractivity contribution in [3.63, 3.8) is 0 Å². The molecule has 2 rings (SSSR count). The lowest BCUT2D eigenvalue weighted by molar-refractivity contribution is -0.139. The average molecular weight is 391 g/mol. The topological polar surface area (TPSA) is 109 Å². The van der Waals surface area contributed by atoms with Crippen molar-refractivity contribution in [1.82, 2.24) is 25.0 Å². The highest BCUT2D eigenvalue weighted by Crippen LogP contribution is 2.06. The smallest absolute Gasteiger partial charge is 0.323 e. The zero-order valence-corrected chi connectivity index (χ0v) is 16.3. The number of aliphatic carboxylic acids is 2. The third-order valence-electron chi connectivity index (χ3n) is 4.38. The molecule has 1 aromatic rings. The van der Waals surface area contributed by atoms with Crippen molar-refractivity contribution >= 4 is 11.9 Å². The third kappa shape index (κ3) is 8.36. The van der Waals surface area contributed by atoms with Gasteiger partial charge in [0.25, 0.3) is 0 Å². The largest absolute Gasteiger partial charge is 0.480 e. The summed E-state index contributed by atoms with van der Waals surface area (Å²) in [5, 5.41) is 21.5. The van der Waals surface area contributed by atoms with Gasteiger partial charge in [-0.1, -0.05) is 6.07 Å². The van der Waals surface area contributed by atoms with Gasteiger partial charge in [0.15, 0.2) is 0 Å². The molecule has 0 radical (unpaired) electrons. The molecule has 0 bridgehead atoms. The van der Waals surface area contributed by atoms with Gasteiger partial charge < -0.3 is 25.3 Å². The van der Waals surface area contributed by atoms with Crippen LogP contribution in [-0.4, -0.2) is 94.2 Å². The molecule has 0 spiro atoms. The van der Waals surface area contributed by atoms with Crippen LogP contribution < -0.4 is 5.32 Å². The summed E-state index contributed by atoms with van der Waals surface area (Å²) < 4.78 is 0. The van der Waals surface area contributed by atoms with E-state index >= 15 is 0 Å². The average Bonchev–Trinajstić information content (AvgIpc) is 2.60. The fourth-order valence-electron chi connectivity index (χ4n) is 2.99. The van der Waals surface area contributed by atoms with E-state index < -0.39 is 11.9 Å². The molecule has 2 heterocycles. The Bertz CT molecular complexity index is 682. The molecule has 0 unspecified atom stereocenters. The molecule has 3 N–H and O–H groups in total. The zero-order valence-electron chi connectivity index (χ0n) is 16.3. The van der Waals surface area contributed by atoms with E-state index in [9.17, 15) is 9.59 Å². The molecule has 154 valence electrons. The summed E-state index contributed by atoms with van der Waals surface area (Å²) >= 11 is 0. The number of hydrogen-bond acceptors (Lipinski definition) is 7. The predicted octanol–water partition coefficient (Wildman–Crippen LogP) is 0.0396. The van der Waals surface area contributed by atoms with Gasteiger partial charge in [-0.15, -0.1) is 0 Å². The first-order valence-corrected chi connectivity index (χ1v) is 9.38. The van der Waals surface area contributed by atoms with E-state index in [0.29, 0.717) is 45.8 Å². The molecule has 9 heteroatoms. The summed E-state index contributed by atoms with van der Waals surface area (Å²) in [6.07, 6.45) is 3.66. The minimum Gasteiger partial charge on any atom is -0.480 e. The van der Waals surface area contributed by atoms with Gasteiger partial charge in [-0.05, 0) is 19.1 Å². The molecule has 1 aliphatic rings. The van der Waals surface area contributed by atoms with Gasteiger partial charge in [-0.2, -0.15) is 0 Å². The van der Waals surface area contributed by atoms with Gasteiger partial charge in [-0.3, -0.25) is 19.5 Å². The number of pyridine rings is 1. The molecule has 0 amide bonds. The van der Waals surface area contributed by atoms with Crippen molar-refractivity contribution < 1.29 is 19.8 Å².